The van der Waals surface area contributed by atoms with Gasteiger partial charge in [-0.3, -0.25) is 9.59 Å². The summed E-state index contributed by atoms with van der Waals surface area (Å²) in [6, 6.07) is 28.3. The summed E-state index contributed by atoms with van der Waals surface area (Å²) in [6.45, 7) is 0.495. The first-order valence-corrected chi connectivity index (χ1v) is 13.5. The number of nitrogens with zero attached hydrogens (tertiary/aromatic N) is 1. The number of hydrogen-bond donors (Lipinski definition) is 1. The summed E-state index contributed by atoms with van der Waals surface area (Å²) in [5.74, 6) is 0.575. The predicted molar refractivity (Wildman–Crippen MR) is 158 cm³/mol. The summed E-state index contributed by atoms with van der Waals surface area (Å²) < 4.78 is 10.8. The van der Waals surface area contributed by atoms with Crippen LogP contribution >= 0.6 is 23.2 Å². The zero-order chi connectivity index (χ0) is 28.5. The fourth-order valence-corrected chi connectivity index (χ4v) is 4.63. The molecular weight excluding hydrogens is 547 g/mol. The molecule has 0 aromatic heterocycles. The average molecular weight is 578 g/mol. The zero-order valence-electron chi connectivity index (χ0n) is 22.3. The third-order valence-corrected chi connectivity index (χ3v) is 6.95. The lowest BCUT2D eigenvalue weighted by atomic mass is 10.0. The van der Waals surface area contributed by atoms with Gasteiger partial charge in [0, 0.05) is 23.1 Å². The number of amides is 2. The lowest BCUT2D eigenvalue weighted by Crippen LogP contribution is -2.43. The van der Waals surface area contributed by atoms with Gasteiger partial charge in [0.05, 0.1) is 20.6 Å². The molecule has 0 aliphatic heterocycles. The van der Waals surface area contributed by atoms with Crippen LogP contribution in [0.2, 0.25) is 10.0 Å². The number of nitrogens with one attached hydrogen (secondary N) is 1. The van der Waals surface area contributed by atoms with Crippen LogP contribution in [-0.2, 0) is 29.1 Å². The minimum absolute atomic E-state index is 0.0573. The van der Waals surface area contributed by atoms with E-state index in [2.05, 4.69) is 5.32 Å². The molecule has 6 nitrogen and oxygen atoms in total. The van der Waals surface area contributed by atoms with Gasteiger partial charge in [-0.1, -0.05) is 83.9 Å². The molecule has 4 aromatic carbocycles. The van der Waals surface area contributed by atoms with E-state index in [1.165, 1.54) is 0 Å². The molecule has 0 saturated heterocycles. The molecular formula is C32H30Cl2N2O4. The average Bonchev–Trinajstić information content (AvgIpc) is 2.98. The van der Waals surface area contributed by atoms with Crippen molar-refractivity contribution in [3.8, 4) is 11.5 Å². The van der Waals surface area contributed by atoms with Crippen LogP contribution in [0, 0.1) is 0 Å². The fourth-order valence-electron chi connectivity index (χ4n) is 4.37. The molecule has 8 heteroatoms. The molecule has 206 valence electrons. The summed E-state index contributed by atoms with van der Waals surface area (Å²) in [4.78, 5) is 29.4. The Morgan fingerprint density at radius 1 is 0.750 bits per heavy atom. The number of rotatable bonds is 11. The van der Waals surface area contributed by atoms with Gasteiger partial charge < -0.3 is 19.7 Å². The molecule has 1 N–H and O–H groups in total. The van der Waals surface area contributed by atoms with E-state index in [0.717, 1.165) is 16.7 Å². The summed E-state index contributed by atoms with van der Waals surface area (Å²) in [5, 5.41) is 4.22. The highest BCUT2D eigenvalue weighted by molar-refractivity contribution is 6.30. The Labute approximate surface area is 244 Å². The Bertz CT molecular complexity index is 1430. The van der Waals surface area contributed by atoms with Crippen LogP contribution in [0.5, 0.6) is 11.5 Å². The van der Waals surface area contributed by atoms with Gasteiger partial charge in [0.2, 0.25) is 11.8 Å². The highest BCUT2D eigenvalue weighted by atomic mass is 35.5. The largest absolute Gasteiger partial charge is 0.493 e. The van der Waals surface area contributed by atoms with Crippen molar-refractivity contribution in [1.29, 1.82) is 0 Å². The van der Waals surface area contributed by atoms with Gasteiger partial charge in [0.1, 0.15) is 6.04 Å². The number of hydrogen-bond acceptors (Lipinski definition) is 4. The van der Waals surface area contributed by atoms with E-state index in [0.29, 0.717) is 27.1 Å². The third kappa shape index (κ3) is 7.56. The minimum atomic E-state index is -0.878. The molecule has 0 bridgehead atoms. The van der Waals surface area contributed by atoms with Gasteiger partial charge in [-0.15, -0.1) is 0 Å². The first-order valence-electron chi connectivity index (χ1n) is 12.7. The minimum Gasteiger partial charge on any atom is -0.493 e. The maximum Gasteiger partial charge on any atom is 0.247 e. The van der Waals surface area contributed by atoms with Crippen molar-refractivity contribution >= 4 is 35.0 Å². The molecule has 0 aliphatic rings. The second-order valence-electron chi connectivity index (χ2n) is 9.17. The van der Waals surface area contributed by atoms with Gasteiger partial charge in [0.15, 0.2) is 11.5 Å². The molecule has 2 amide bonds. The third-order valence-electron chi connectivity index (χ3n) is 6.45. The van der Waals surface area contributed by atoms with Crippen molar-refractivity contribution in [2.75, 3.05) is 14.2 Å². The van der Waals surface area contributed by atoms with Crippen molar-refractivity contribution in [1.82, 2.24) is 10.2 Å². The van der Waals surface area contributed by atoms with Crippen LogP contribution in [0.1, 0.15) is 28.3 Å². The van der Waals surface area contributed by atoms with E-state index in [4.69, 9.17) is 32.7 Å². The molecule has 4 aromatic rings. The molecule has 0 spiro atoms. The van der Waals surface area contributed by atoms with Crippen molar-refractivity contribution in [2.24, 2.45) is 0 Å². The van der Waals surface area contributed by atoms with Crippen molar-refractivity contribution in [3.05, 3.63) is 129 Å². The predicted octanol–water partition coefficient (Wildman–Crippen LogP) is 6.64. The molecule has 0 heterocycles. The summed E-state index contributed by atoms with van der Waals surface area (Å²) >= 11 is 12.1. The standard InChI is InChI=1S/C32H30Cl2N2O4/c1-39-28-17-12-24(18-29(28)40-2)19-30(37)36(21-23-10-15-27(34)16-11-23)31(25-6-4-3-5-7-25)32(38)35-20-22-8-13-26(33)14-9-22/h3-18,31H,19-21H2,1-2H3,(H,35,38)/t31-/m0/s1. The molecule has 0 aliphatic carbocycles. The number of ether oxygens (including phenoxy) is 2. The Morgan fingerprint density at radius 2 is 1.32 bits per heavy atom. The quantitative estimate of drug-likeness (QED) is 0.217. The number of carbonyl (C=O) groups excluding carboxylic acids is 2. The van der Waals surface area contributed by atoms with Crippen LogP contribution in [-0.4, -0.2) is 30.9 Å². The zero-order valence-corrected chi connectivity index (χ0v) is 23.8. The Morgan fingerprint density at radius 3 is 1.93 bits per heavy atom. The topological polar surface area (TPSA) is 67.9 Å². The second-order valence-corrected chi connectivity index (χ2v) is 10.0. The van der Waals surface area contributed by atoms with E-state index in [1.54, 1.807) is 55.5 Å². The maximum absolute atomic E-state index is 14.0. The lowest BCUT2D eigenvalue weighted by molar-refractivity contribution is -0.141. The molecule has 0 saturated carbocycles. The van der Waals surface area contributed by atoms with Gasteiger partial charge in [0.25, 0.3) is 0 Å². The van der Waals surface area contributed by atoms with E-state index in [-0.39, 0.29) is 31.3 Å². The van der Waals surface area contributed by atoms with Gasteiger partial charge in [-0.05, 0) is 58.7 Å². The van der Waals surface area contributed by atoms with E-state index in [9.17, 15) is 9.59 Å². The molecule has 0 fully saturated rings. The summed E-state index contributed by atoms with van der Waals surface area (Å²) in [6.07, 6.45) is 0.0573. The molecule has 1 atom stereocenters. The van der Waals surface area contributed by atoms with Gasteiger partial charge >= 0.3 is 0 Å². The second kappa shape index (κ2) is 13.9. The van der Waals surface area contributed by atoms with Crippen LogP contribution in [0.15, 0.2) is 97.1 Å². The van der Waals surface area contributed by atoms with Crippen LogP contribution in [0.4, 0.5) is 0 Å². The molecule has 40 heavy (non-hydrogen) atoms. The summed E-state index contributed by atoms with van der Waals surface area (Å²) in [5.41, 5.74) is 3.17. The number of methoxy groups -OCH3 is 2. The first-order chi connectivity index (χ1) is 19.4. The molecule has 0 radical (unpaired) electrons. The van der Waals surface area contributed by atoms with Gasteiger partial charge in [-0.2, -0.15) is 0 Å². The monoisotopic (exact) mass is 576 g/mol. The lowest BCUT2D eigenvalue weighted by Gasteiger charge is -2.32. The highest BCUT2D eigenvalue weighted by Gasteiger charge is 2.31. The van der Waals surface area contributed by atoms with Crippen molar-refractivity contribution in [2.45, 2.75) is 25.6 Å². The first kappa shape index (κ1) is 29.0. The Kier molecular flexibility index (Phi) is 10.1. The smallest absolute Gasteiger partial charge is 0.247 e. The van der Waals surface area contributed by atoms with Crippen molar-refractivity contribution < 1.29 is 19.1 Å². The van der Waals surface area contributed by atoms with Gasteiger partial charge in [-0.25, -0.2) is 0 Å². The highest BCUT2D eigenvalue weighted by Crippen LogP contribution is 2.30. The van der Waals surface area contributed by atoms with E-state index >= 15 is 0 Å². The maximum atomic E-state index is 14.0. The SMILES string of the molecule is COc1ccc(CC(=O)N(Cc2ccc(Cl)cc2)[C@H](C(=O)NCc2ccc(Cl)cc2)c2ccccc2)cc1OC. The van der Waals surface area contributed by atoms with E-state index in [1.807, 2.05) is 60.7 Å². The van der Waals surface area contributed by atoms with Crippen LogP contribution in [0.3, 0.4) is 0 Å². The van der Waals surface area contributed by atoms with Crippen LogP contribution < -0.4 is 14.8 Å². The number of carbonyl (C=O) groups is 2. The van der Waals surface area contributed by atoms with Crippen molar-refractivity contribution in [3.63, 3.8) is 0 Å². The number of benzene rings is 4. The normalized spacial score (nSPS) is 11.4. The Hall–Kier alpha value is -4.00. The number of halogens is 2. The van der Waals surface area contributed by atoms with E-state index < -0.39 is 6.04 Å². The Balaban J connectivity index is 1.68. The molecule has 0 unspecified atom stereocenters. The fraction of sp³-hybridized carbons (Fsp3) is 0.188. The molecule has 4 rings (SSSR count). The van der Waals surface area contributed by atoms with Crippen LogP contribution in [0.25, 0.3) is 0 Å². The summed E-state index contributed by atoms with van der Waals surface area (Å²) in [7, 11) is 3.11.